The van der Waals surface area contributed by atoms with Crippen molar-refractivity contribution in [2.24, 2.45) is 0 Å². The quantitative estimate of drug-likeness (QED) is 0.0573. The fourth-order valence-corrected chi connectivity index (χ4v) is 5.85. The van der Waals surface area contributed by atoms with Gasteiger partial charge in [-0.3, -0.25) is 0 Å². The van der Waals surface area contributed by atoms with Crippen LogP contribution < -0.4 is 0 Å². The summed E-state index contributed by atoms with van der Waals surface area (Å²) in [7, 11) is 0. The van der Waals surface area contributed by atoms with Crippen molar-refractivity contribution in [1.82, 2.24) is 0 Å². The number of carbonyl (C=O) groups is 1. The zero-order valence-electron chi connectivity index (χ0n) is 27.0. The Morgan fingerprint density at radius 3 is 2.17 bits per heavy atom. The maximum Gasteiger partial charge on any atom is 0.330 e. The van der Waals surface area contributed by atoms with E-state index in [1.807, 2.05) is 0 Å². The molecule has 0 radical (unpaired) electrons. The predicted octanol–water partition coefficient (Wildman–Crippen LogP) is 0.0958. The Balaban J connectivity index is 1.30. The number of benzene rings is 3. The molecule has 11 N–H and O–H groups in total. The topological polar surface area (TPSA) is 278 Å². The van der Waals surface area contributed by atoms with Gasteiger partial charge in [0, 0.05) is 18.2 Å². The van der Waals surface area contributed by atoms with E-state index in [-0.39, 0.29) is 34.1 Å². The zero-order chi connectivity index (χ0) is 37.3. The number of fused-ring (bicyclic) bond motifs is 1. The van der Waals surface area contributed by atoms with E-state index in [1.54, 1.807) is 12.1 Å². The van der Waals surface area contributed by atoms with Crippen LogP contribution in [0.5, 0.6) is 34.5 Å². The molecule has 0 bridgehead atoms. The van der Waals surface area contributed by atoms with Crippen LogP contribution in [0.2, 0.25) is 0 Å². The summed E-state index contributed by atoms with van der Waals surface area (Å²) >= 11 is 0. The molecular weight excluding hydrogens is 692 g/mol. The van der Waals surface area contributed by atoms with Gasteiger partial charge >= 0.3 is 5.97 Å². The third-order valence-corrected chi connectivity index (χ3v) is 8.64. The summed E-state index contributed by atoms with van der Waals surface area (Å²) in [5, 5.41) is 103. The van der Waals surface area contributed by atoms with E-state index < -0.39 is 97.8 Å². The molecule has 1 unspecified atom stereocenters. The van der Waals surface area contributed by atoms with E-state index in [0.717, 1.165) is 12.1 Å². The summed E-state index contributed by atoms with van der Waals surface area (Å²) < 4.78 is 33.3. The maximum absolute atomic E-state index is 12.6. The lowest BCUT2D eigenvalue weighted by molar-refractivity contribution is -0.333. The second-order valence-corrected chi connectivity index (χ2v) is 12.2. The Bertz CT molecular complexity index is 1810. The Hall–Kier alpha value is -5.11. The lowest BCUT2D eigenvalue weighted by Crippen LogP contribution is -2.61. The highest BCUT2D eigenvalue weighted by atomic mass is 16.8. The first-order valence-electron chi connectivity index (χ1n) is 15.9. The van der Waals surface area contributed by atoms with Gasteiger partial charge in [-0.15, -0.1) is 0 Å². The van der Waals surface area contributed by atoms with Crippen molar-refractivity contribution >= 4 is 18.1 Å². The molecule has 3 aliphatic heterocycles. The first kappa shape index (κ1) is 36.7. The Morgan fingerprint density at radius 1 is 0.769 bits per heavy atom. The van der Waals surface area contributed by atoms with Crippen LogP contribution in [0.4, 0.5) is 0 Å². The smallest absolute Gasteiger partial charge is 0.330 e. The number of rotatable bonds is 10. The number of aliphatic hydroxyl groups is 6. The van der Waals surface area contributed by atoms with E-state index in [2.05, 4.69) is 4.74 Å². The Labute approximate surface area is 294 Å². The minimum atomic E-state index is -1.88. The molecule has 3 heterocycles. The average molecular weight is 730 g/mol. The van der Waals surface area contributed by atoms with E-state index >= 15 is 0 Å². The number of ether oxygens (including phenoxy) is 6. The lowest BCUT2D eigenvalue weighted by atomic mass is 9.98. The van der Waals surface area contributed by atoms with Crippen molar-refractivity contribution in [2.75, 3.05) is 13.2 Å². The molecule has 0 amide bonds. The van der Waals surface area contributed by atoms with Crippen LogP contribution in [0.25, 0.3) is 12.2 Å². The highest BCUT2D eigenvalue weighted by Crippen LogP contribution is 2.46. The van der Waals surface area contributed by atoms with Crippen molar-refractivity contribution in [3.8, 4) is 34.5 Å². The summed E-state index contributed by atoms with van der Waals surface area (Å²) in [4.78, 5) is 12.6. The van der Waals surface area contributed by atoms with E-state index in [4.69, 9.17) is 23.7 Å². The number of hydrogen-bond acceptors (Lipinski definition) is 16. The molecule has 278 valence electrons. The molecule has 0 aliphatic carbocycles. The van der Waals surface area contributed by atoms with Crippen molar-refractivity contribution in [2.45, 2.75) is 61.4 Å². The summed E-state index contributed by atoms with van der Waals surface area (Å²) in [6.45, 7) is -1.30. The standard InChI is InChI=1S/C35H36O17/c36-13-25-28(43)31(46)34(50-25)52-33-30(45)29(44)26(14-47-27(42)8-3-15-1-5-17(37)6-2-15)51-35(33)49-24-12-19-21(40)10-18(38)11-23(19)48-32(24)16-4-7-20(39)22(41)9-16/h1-12,25-26,28-41,43-46H,13-14H2/p+1/b8-3+/t25-,26-,28+,29-,30+,31-,32?,33-,34+,35-/m1/s1. The van der Waals surface area contributed by atoms with Gasteiger partial charge in [0.1, 0.15) is 66.0 Å². The van der Waals surface area contributed by atoms with Crippen LogP contribution >= 0.6 is 0 Å². The molecule has 3 aliphatic rings. The minimum Gasteiger partial charge on any atom is -0.571 e. The number of carbonyl (C=O) groups excluding carboxylic acids is 1. The average Bonchev–Trinajstić information content (AvgIpc) is 3.39. The van der Waals surface area contributed by atoms with Gasteiger partial charge in [-0.25, -0.2) is 4.79 Å². The molecule has 3 aromatic carbocycles. The van der Waals surface area contributed by atoms with Crippen LogP contribution in [0.15, 0.2) is 66.4 Å². The van der Waals surface area contributed by atoms with Gasteiger partial charge in [0.25, 0.3) is 11.9 Å². The van der Waals surface area contributed by atoms with Gasteiger partial charge < -0.3 is 79.5 Å². The van der Waals surface area contributed by atoms with Crippen molar-refractivity contribution < 1.29 is 84.3 Å². The normalized spacial score (nSPS) is 30.0. The predicted molar refractivity (Wildman–Crippen MR) is 174 cm³/mol. The third kappa shape index (κ3) is 7.71. The van der Waals surface area contributed by atoms with E-state index in [9.17, 15) is 55.9 Å². The Kier molecular flexibility index (Phi) is 10.7. The summed E-state index contributed by atoms with van der Waals surface area (Å²) in [5.74, 6) is -2.44. The zero-order valence-corrected chi connectivity index (χ0v) is 27.0. The van der Waals surface area contributed by atoms with Gasteiger partial charge in [0.15, 0.2) is 29.7 Å². The number of aliphatic hydroxyl groups excluding tert-OH is 5. The molecule has 52 heavy (non-hydrogen) atoms. The monoisotopic (exact) mass is 729 g/mol. The highest BCUT2D eigenvalue weighted by molar-refractivity contribution is 5.87. The number of phenolic OH excluding ortho intramolecular Hbond substituents is 5. The van der Waals surface area contributed by atoms with Crippen LogP contribution in [0, 0.1) is 0 Å². The van der Waals surface area contributed by atoms with Crippen LogP contribution in [-0.4, -0.2) is 130 Å². The number of aromatic hydroxyl groups is 6. The molecule has 6 rings (SSSR count). The van der Waals surface area contributed by atoms with Gasteiger partial charge in [-0.2, -0.15) is 0 Å². The Morgan fingerprint density at radius 2 is 1.48 bits per heavy atom. The molecule has 17 heteroatoms. The van der Waals surface area contributed by atoms with Crippen molar-refractivity contribution in [1.29, 1.82) is 0 Å². The molecule has 0 saturated carbocycles. The summed E-state index contributed by atoms with van der Waals surface area (Å²) in [6, 6.07) is 12.1. The van der Waals surface area contributed by atoms with Gasteiger partial charge in [0.2, 0.25) is 6.29 Å². The van der Waals surface area contributed by atoms with E-state index in [0.29, 0.717) is 5.56 Å². The molecule has 10 atom stereocenters. The second-order valence-electron chi connectivity index (χ2n) is 12.2. The van der Waals surface area contributed by atoms with Crippen LogP contribution in [-0.2, 0) is 28.5 Å². The second kappa shape index (κ2) is 15.2. The van der Waals surface area contributed by atoms with Crippen molar-refractivity contribution in [3.63, 3.8) is 0 Å². The third-order valence-electron chi connectivity index (χ3n) is 8.64. The highest BCUT2D eigenvalue weighted by Gasteiger charge is 2.52. The fourth-order valence-electron chi connectivity index (χ4n) is 5.85. The van der Waals surface area contributed by atoms with Crippen LogP contribution in [0.3, 0.4) is 0 Å². The first-order valence-corrected chi connectivity index (χ1v) is 15.9. The lowest BCUT2D eigenvalue weighted by Gasteiger charge is -2.43. The van der Waals surface area contributed by atoms with Gasteiger partial charge in [-0.05, 0) is 42.0 Å². The minimum absolute atomic E-state index is 0.0321. The molecule has 3 aromatic rings. The number of hydrogen-bond donors (Lipinski definition) is 10. The van der Waals surface area contributed by atoms with Crippen LogP contribution in [0.1, 0.15) is 22.8 Å². The largest absolute Gasteiger partial charge is 0.571 e. The molecule has 17 nitrogen and oxygen atoms in total. The van der Waals surface area contributed by atoms with Crippen molar-refractivity contribution in [3.05, 3.63) is 83.1 Å². The first-order chi connectivity index (χ1) is 24.8. The molecule has 0 spiro atoms. The maximum atomic E-state index is 12.6. The SMILES string of the molecule is O=C(/C=C/c1ccc(O)cc1)OC[C@H]1O[C@@H](OC2=Cc3c(O)cc(O)cc3[OH+]C2c2ccc(O)c(O)c2)[C@H](O[C@@H]2O[C@H](CO)[C@H](O)[C@H]2O)[C@@H](O)[C@@H]1O. The van der Waals surface area contributed by atoms with E-state index in [1.165, 1.54) is 48.6 Å². The fraction of sp³-hybridized carbons (Fsp3) is 0.343. The van der Waals surface area contributed by atoms with Gasteiger partial charge in [0.05, 0.1) is 18.2 Å². The molecule has 2 saturated heterocycles. The molecule has 2 fully saturated rings. The number of phenols is 5. The summed E-state index contributed by atoms with van der Waals surface area (Å²) in [6.07, 6.45) is -12.1. The van der Waals surface area contributed by atoms with Gasteiger partial charge in [-0.1, -0.05) is 12.1 Å². The summed E-state index contributed by atoms with van der Waals surface area (Å²) in [5.41, 5.74) is 0.913. The molecular formula is C35H37O17+. The molecule has 0 aromatic heterocycles. The number of esters is 1.